The van der Waals surface area contributed by atoms with Crippen molar-refractivity contribution in [2.75, 3.05) is 7.11 Å². The molecule has 0 saturated carbocycles. The number of aryl methyl sites for hydroxylation is 1. The highest BCUT2D eigenvalue weighted by molar-refractivity contribution is 9.10. The van der Waals surface area contributed by atoms with Gasteiger partial charge in [0.1, 0.15) is 0 Å². The van der Waals surface area contributed by atoms with Crippen molar-refractivity contribution >= 4 is 27.0 Å². The van der Waals surface area contributed by atoms with Gasteiger partial charge in [0.25, 0.3) is 0 Å². The van der Waals surface area contributed by atoms with Crippen molar-refractivity contribution in [3.05, 3.63) is 22.4 Å². The summed E-state index contributed by atoms with van der Waals surface area (Å²) in [6.45, 7) is 2.19. The Balaban J connectivity index is 0.000000606. The van der Waals surface area contributed by atoms with Crippen LogP contribution in [-0.4, -0.2) is 27.4 Å². The van der Waals surface area contributed by atoms with E-state index in [9.17, 15) is 0 Å². The van der Waals surface area contributed by atoms with Gasteiger partial charge in [0, 0.05) is 28.9 Å². The highest BCUT2D eigenvalue weighted by atomic mass is 79.9. The van der Waals surface area contributed by atoms with E-state index in [1.54, 1.807) is 6.20 Å². The zero-order valence-corrected chi connectivity index (χ0v) is 11.1. The van der Waals surface area contributed by atoms with Crippen LogP contribution >= 0.6 is 15.9 Å². The zero-order chi connectivity index (χ0) is 12.0. The average Bonchev–Trinajstić information content (AvgIpc) is 2.71. The van der Waals surface area contributed by atoms with Crippen molar-refractivity contribution in [1.29, 1.82) is 0 Å². The highest BCUT2D eigenvalue weighted by Crippen LogP contribution is 2.19. The van der Waals surface area contributed by atoms with Gasteiger partial charge in [-0.05, 0) is 34.8 Å². The fourth-order valence-corrected chi connectivity index (χ4v) is 1.80. The second kappa shape index (κ2) is 6.60. The largest absolute Gasteiger partial charge is 0.400 e. The van der Waals surface area contributed by atoms with Crippen molar-refractivity contribution < 1.29 is 5.11 Å². The van der Waals surface area contributed by atoms with Gasteiger partial charge in [-0.2, -0.15) is 5.10 Å². The van der Waals surface area contributed by atoms with E-state index < -0.39 is 0 Å². The quantitative estimate of drug-likeness (QED) is 0.911. The lowest BCUT2D eigenvalue weighted by atomic mass is 10.1. The van der Waals surface area contributed by atoms with E-state index in [4.69, 9.17) is 5.11 Å². The van der Waals surface area contributed by atoms with Crippen LogP contribution < -0.4 is 0 Å². The number of H-pyrrole nitrogens is 1. The fourth-order valence-electron chi connectivity index (χ4n) is 1.47. The number of aromatic amines is 1. The summed E-state index contributed by atoms with van der Waals surface area (Å²) in [4.78, 5) is 4.22. The lowest BCUT2D eigenvalue weighted by molar-refractivity contribution is 0.399. The molecule has 0 atom stereocenters. The summed E-state index contributed by atoms with van der Waals surface area (Å²) in [6, 6.07) is 2.07. The number of halogens is 1. The van der Waals surface area contributed by atoms with Crippen LogP contribution in [-0.2, 0) is 6.42 Å². The molecular weight excluding hydrogens is 270 g/mol. The number of rotatable bonds is 3. The van der Waals surface area contributed by atoms with Gasteiger partial charge in [-0.25, -0.2) is 4.98 Å². The summed E-state index contributed by atoms with van der Waals surface area (Å²) in [5.41, 5.74) is 2.00. The first-order valence-electron chi connectivity index (χ1n) is 5.24. The molecule has 0 radical (unpaired) electrons. The van der Waals surface area contributed by atoms with E-state index >= 15 is 0 Å². The number of aromatic nitrogens is 3. The van der Waals surface area contributed by atoms with Gasteiger partial charge < -0.3 is 5.11 Å². The number of pyridine rings is 1. The van der Waals surface area contributed by atoms with Crippen LogP contribution in [0.4, 0.5) is 0 Å². The van der Waals surface area contributed by atoms with Crippen LogP contribution in [0.1, 0.15) is 25.5 Å². The number of aliphatic hydroxyl groups excluding tert-OH is 1. The number of aliphatic hydroxyl groups is 1. The highest BCUT2D eigenvalue weighted by Gasteiger charge is 2.05. The minimum Gasteiger partial charge on any atom is -0.400 e. The van der Waals surface area contributed by atoms with Gasteiger partial charge in [-0.3, -0.25) is 5.10 Å². The lowest BCUT2D eigenvalue weighted by Gasteiger charge is -1.95. The first-order valence-corrected chi connectivity index (χ1v) is 6.03. The Kier molecular flexibility index (Phi) is 5.42. The van der Waals surface area contributed by atoms with Crippen LogP contribution in [0.2, 0.25) is 0 Å². The zero-order valence-electron chi connectivity index (χ0n) is 9.50. The second-order valence-electron chi connectivity index (χ2n) is 3.33. The Labute approximate surface area is 103 Å². The van der Waals surface area contributed by atoms with E-state index in [-0.39, 0.29) is 0 Å². The summed E-state index contributed by atoms with van der Waals surface area (Å²) in [6.07, 6.45) is 5.20. The van der Waals surface area contributed by atoms with Gasteiger partial charge >= 0.3 is 0 Å². The molecule has 0 unspecified atom stereocenters. The lowest BCUT2D eigenvalue weighted by Crippen LogP contribution is -1.85. The molecule has 2 heterocycles. The molecule has 0 aliphatic heterocycles. The molecule has 0 amide bonds. The molecule has 2 aromatic rings. The minimum absolute atomic E-state index is 0.805. The van der Waals surface area contributed by atoms with Crippen molar-refractivity contribution in [2.45, 2.75) is 26.2 Å². The molecule has 0 bridgehead atoms. The maximum Gasteiger partial charge on any atom is 0.181 e. The van der Waals surface area contributed by atoms with Gasteiger partial charge in [0.05, 0.1) is 0 Å². The van der Waals surface area contributed by atoms with Crippen molar-refractivity contribution in [3.63, 3.8) is 0 Å². The Morgan fingerprint density at radius 2 is 2.19 bits per heavy atom. The third-order valence-corrected chi connectivity index (χ3v) is 2.67. The number of unbranched alkanes of at least 4 members (excludes halogenated alkanes) is 1. The van der Waals surface area contributed by atoms with Gasteiger partial charge in [-0.15, -0.1) is 0 Å². The molecule has 0 saturated heterocycles. The molecule has 0 aliphatic rings. The molecular formula is C11H16BrN3O. The van der Waals surface area contributed by atoms with Gasteiger partial charge in [-0.1, -0.05) is 13.3 Å². The average molecular weight is 286 g/mol. The predicted molar refractivity (Wildman–Crippen MR) is 68.3 cm³/mol. The molecule has 0 spiro atoms. The van der Waals surface area contributed by atoms with E-state index in [0.717, 1.165) is 29.0 Å². The maximum absolute atomic E-state index is 7.00. The molecule has 16 heavy (non-hydrogen) atoms. The first-order chi connectivity index (χ1) is 7.81. The maximum atomic E-state index is 7.00. The SMILES string of the molecule is CCCCc1[nH]nc2ncc(Br)cc12.CO. The van der Waals surface area contributed by atoms with Gasteiger partial charge in [0.2, 0.25) is 0 Å². The summed E-state index contributed by atoms with van der Waals surface area (Å²) in [5.74, 6) is 0. The molecule has 4 nitrogen and oxygen atoms in total. The summed E-state index contributed by atoms with van der Waals surface area (Å²) in [7, 11) is 1.00. The first kappa shape index (κ1) is 13.1. The number of nitrogens with zero attached hydrogens (tertiary/aromatic N) is 2. The van der Waals surface area contributed by atoms with Gasteiger partial charge in [0.15, 0.2) is 5.65 Å². The third-order valence-electron chi connectivity index (χ3n) is 2.24. The molecule has 2 N–H and O–H groups in total. The van der Waals surface area contributed by atoms with E-state index in [0.29, 0.717) is 0 Å². The normalized spacial score (nSPS) is 10.0. The summed E-state index contributed by atoms with van der Waals surface area (Å²) in [5, 5.41) is 15.3. The molecule has 2 aromatic heterocycles. The summed E-state index contributed by atoms with van der Waals surface area (Å²) < 4.78 is 1.00. The number of fused-ring (bicyclic) bond motifs is 1. The van der Waals surface area contributed by atoms with Crippen LogP contribution in [0.15, 0.2) is 16.7 Å². The van der Waals surface area contributed by atoms with Crippen LogP contribution in [0.25, 0.3) is 11.0 Å². The topological polar surface area (TPSA) is 61.8 Å². The van der Waals surface area contributed by atoms with Crippen molar-refractivity contribution in [2.24, 2.45) is 0 Å². The number of hydrogen-bond acceptors (Lipinski definition) is 3. The Morgan fingerprint density at radius 3 is 2.88 bits per heavy atom. The van der Waals surface area contributed by atoms with Crippen molar-refractivity contribution in [1.82, 2.24) is 15.2 Å². The molecule has 2 rings (SSSR count). The Morgan fingerprint density at radius 1 is 1.44 bits per heavy atom. The number of hydrogen-bond donors (Lipinski definition) is 2. The fraction of sp³-hybridized carbons (Fsp3) is 0.455. The molecule has 0 aromatic carbocycles. The summed E-state index contributed by atoms with van der Waals surface area (Å²) >= 11 is 3.42. The molecule has 0 aliphatic carbocycles. The van der Waals surface area contributed by atoms with E-state index in [1.807, 2.05) is 0 Å². The predicted octanol–water partition coefficient (Wildman–Crippen LogP) is 2.67. The molecule has 0 fully saturated rings. The molecule has 5 heteroatoms. The van der Waals surface area contributed by atoms with Crippen molar-refractivity contribution in [3.8, 4) is 0 Å². The monoisotopic (exact) mass is 285 g/mol. The number of nitrogens with one attached hydrogen (secondary N) is 1. The van der Waals surface area contributed by atoms with E-state index in [1.165, 1.54) is 18.5 Å². The van der Waals surface area contributed by atoms with Crippen LogP contribution in [0.5, 0.6) is 0 Å². The third kappa shape index (κ3) is 3.02. The molecule has 88 valence electrons. The van der Waals surface area contributed by atoms with E-state index in [2.05, 4.69) is 44.1 Å². The minimum atomic E-state index is 0.805. The second-order valence-corrected chi connectivity index (χ2v) is 4.25. The Bertz CT molecular complexity index is 442. The smallest absolute Gasteiger partial charge is 0.181 e. The van der Waals surface area contributed by atoms with Crippen LogP contribution in [0, 0.1) is 0 Å². The van der Waals surface area contributed by atoms with Crippen LogP contribution in [0.3, 0.4) is 0 Å². The standard InChI is InChI=1S/C10H12BrN3.CH4O/c1-2-3-4-9-8-5-7(11)6-12-10(8)14-13-9;1-2/h5-6H,2-4H2,1H3,(H,12,13,14);2H,1H3. The Hall–Kier alpha value is -0.940.